The molecule has 5 heteroatoms. The monoisotopic (exact) mass is 300 g/mol. The van der Waals surface area contributed by atoms with Gasteiger partial charge in [-0.25, -0.2) is 13.4 Å². The Morgan fingerprint density at radius 1 is 1.14 bits per heavy atom. The van der Waals surface area contributed by atoms with Crippen molar-refractivity contribution in [2.24, 2.45) is 0 Å². The van der Waals surface area contributed by atoms with Gasteiger partial charge in [0, 0.05) is 17.8 Å². The smallest absolute Gasteiger partial charge is 0.178 e. The summed E-state index contributed by atoms with van der Waals surface area (Å²) in [6.07, 6.45) is 4.02. The van der Waals surface area contributed by atoms with Crippen LogP contribution in [-0.4, -0.2) is 24.1 Å². The van der Waals surface area contributed by atoms with E-state index in [4.69, 9.17) is 0 Å². The van der Waals surface area contributed by atoms with Crippen molar-refractivity contribution in [2.45, 2.75) is 18.2 Å². The highest BCUT2D eigenvalue weighted by atomic mass is 32.2. The largest absolute Gasteiger partial charge is 0.346 e. The molecule has 3 rings (SSSR count). The number of sulfone groups is 1. The quantitative estimate of drug-likeness (QED) is 0.806. The number of benzene rings is 1. The van der Waals surface area contributed by atoms with Crippen LogP contribution in [0.5, 0.6) is 0 Å². The van der Waals surface area contributed by atoms with Gasteiger partial charge in [0.2, 0.25) is 0 Å². The van der Waals surface area contributed by atoms with E-state index in [1.165, 1.54) is 0 Å². The molecule has 2 aromatic heterocycles. The van der Waals surface area contributed by atoms with E-state index in [-0.39, 0.29) is 5.75 Å². The van der Waals surface area contributed by atoms with Gasteiger partial charge in [-0.2, -0.15) is 0 Å². The maximum absolute atomic E-state index is 12.3. The van der Waals surface area contributed by atoms with Crippen LogP contribution in [0.15, 0.2) is 53.7 Å². The summed E-state index contributed by atoms with van der Waals surface area (Å²) in [7, 11) is -3.26. The molecule has 0 aliphatic rings. The second-order valence-electron chi connectivity index (χ2n) is 5.10. The number of nitrogens with zero attached hydrogens (tertiary/aromatic N) is 1. The van der Waals surface area contributed by atoms with Gasteiger partial charge in [0.25, 0.3) is 0 Å². The Morgan fingerprint density at radius 3 is 2.67 bits per heavy atom. The second-order valence-corrected chi connectivity index (χ2v) is 7.20. The van der Waals surface area contributed by atoms with Gasteiger partial charge in [-0.15, -0.1) is 0 Å². The third-order valence-corrected chi connectivity index (χ3v) is 5.29. The first kappa shape index (κ1) is 13.8. The van der Waals surface area contributed by atoms with Gasteiger partial charge in [-0.1, -0.05) is 17.7 Å². The first-order valence-corrected chi connectivity index (χ1v) is 8.42. The van der Waals surface area contributed by atoms with Crippen LogP contribution < -0.4 is 0 Å². The molecule has 3 aromatic rings. The molecule has 0 unspecified atom stereocenters. The van der Waals surface area contributed by atoms with Crippen LogP contribution in [0.4, 0.5) is 0 Å². The van der Waals surface area contributed by atoms with E-state index in [1.807, 2.05) is 37.4 Å². The van der Waals surface area contributed by atoms with Gasteiger partial charge in [-0.3, -0.25) is 0 Å². The van der Waals surface area contributed by atoms with Crippen molar-refractivity contribution in [3.8, 4) is 0 Å². The molecular formula is C16H16N2O2S. The number of hydrogen-bond donors (Lipinski definition) is 1. The Morgan fingerprint density at radius 2 is 1.90 bits per heavy atom. The molecule has 0 aliphatic heterocycles. The molecule has 0 bridgehead atoms. The van der Waals surface area contributed by atoms with Gasteiger partial charge < -0.3 is 4.98 Å². The van der Waals surface area contributed by atoms with Crippen molar-refractivity contribution in [3.63, 3.8) is 0 Å². The summed E-state index contributed by atoms with van der Waals surface area (Å²) in [6, 6.07) is 10.8. The Labute approximate surface area is 123 Å². The molecule has 0 spiro atoms. The fourth-order valence-electron chi connectivity index (χ4n) is 2.33. The number of aryl methyl sites for hydroxylation is 2. The molecule has 1 aromatic carbocycles. The van der Waals surface area contributed by atoms with Crippen molar-refractivity contribution in [3.05, 3.63) is 59.9 Å². The first-order valence-electron chi connectivity index (χ1n) is 6.77. The highest BCUT2D eigenvalue weighted by Gasteiger charge is 2.15. The van der Waals surface area contributed by atoms with Crippen LogP contribution in [0.25, 0.3) is 11.0 Å². The van der Waals surface area contributed by atoms with Crippen LogP contribution in [0.2, 0.25) is 0 Å². The second kappa shape index (κ2) is 5.33. The van der Waals surface area contributed by atoms with Gasteiger partial charge in [0.15, 0.2) is 9.84 Å². The Bertz CT molecular complexity index is 865. The summed E-state index contributed by atoms with van der Waals surface area (Å²) >= 11 is 0. The van der Waals surface area contributed by atoms with Crippen molar-refractivity contribution < 1.29 is 8.42 Å². The number of nitrogens with one attached hydrogen (secondary N) is 1. The minimum Gasteiger partial charge on any atom is -0.346 e. The Hall–Kier alpha value is -2.14. The lowest BCUT2D eigenvalue weighted by Crippen LogP contribution is -2.09. The molecule has 21 heavy (non-hydrogen) atoms. The number of aromatic nitrogens is 2. The van der Waals surface area contributed by atoms with E-state index >= 15 is 0 Å². The SMILES string of the molecule is Cc1ccc(S(=O)(=O)CCc2c[nH]c3ncccc23)cc1. The number of H-pyrrole nitrogens is 1. The fourth-order valence-corrected chi connectivity index (χ4v) is 3.60. The summed E-state index contributed by atoms with van der Waals surface area (Å²) in [6.45, 7) is 1.94. The van der Waals surface area contributed by atoms with E-state index < -0.39 is 9.84 Å². The molecular weight excluding hydrogens is 284 g/mol. The molecule has 0 aliphatic carbocycles. The zero-order chi connectivity index (χ0) is 14.9. The minimum atomic E-state index is -3.26. The summed E-state index contributed by atoms with van der Waals surface area (Å²) in [5.74, 6) is 0.0951. The van der Waals surface area contributed by atoms with Crippen LogP contribution in [0, 0.1) is 6.92 Å². The first-order chi connectivity index (χ1) is 10.1. The van der Waals surface area contributed by atoms with E-state index in [0.717, 1.165) is 22.2 Å². The summed E-state index contributed by atoms with van der Waals surface area (Å²) in [4.78, 5) is 7.66. The Balaban J connectivity index is 1.82. The van der Waals surface area contributed by atoms with Gasteiger partial charge >= 0.3 is 0 Å². The predicted octanol–water partition coefficient (Wildman–Crippen LogP) is 2.89. The van der Waals surface area contributed by atoms with E-state index in [1.54, 1.807) is 18.3 Å². The highest BCUT2D eigenvalue weighted by Crippen LogP contribution is 2.19. The van der Waals surface area contributed by atoms with Gasteiger partial charge in [-0.05, 0) is 43.2 Å². The van der Waals surface area contributed by atoms with Crippen molar-refractivity contribution in [2.75, 3.05) is 5.75 Å². The summed E-state index contributed by atoms with van der Waals surface area (Å²) < 4.78 is 24.7. The van der Waals surface area contributed by atoms with Gasteiger partial charge in [0.1, 0.15) is 5.65 Å². The topological polar surface area (TPSA) is 62.8 Å². The Kier molecular flexibility index (Phi) is 3.51. The number of rotatable bonds is 4. The number of pyridine rings is 1. The number of hydrogen-bond acceptors (Lipinski definition) is 3. The van der Waals surface area contributed by atoms with Crippen LogP contribution in [-0.2, 0) is 16.3 Å². The lowest BCUT2D eigenvalue weighted by molar-refractivity contribution is 0.595. The lowest BCUT2D eigenvalue weighted by Gasteiger charge is -2.04. The van der Waals surface area contributed by atoms with E-state index in [9.17, 15) is 8.42 Å². The standard InChI is InChI=1S/C16H16N2O2S/c1-12-4-6-14(7-5-12)21(19,20)10-8-13-11-18-16-15(13)3-2-9-17-16/h2-7,9,11H,8,10H2,1H3,(H,17,18). The van der Waals surface area contributed by atoms with Crippen LogP contribution >= 0.6 is 0 Å². The molecule has 4 nitrogen and oxygen atoms in total. The molecule has 108 valence electrons. The predicted molar refractivity (Wildman–Crippen MR) is 83.0 cm³/mol. The zero-order valence-electron chi connectivity index (χ0n) is 11.7. The minimum absolute atomic E-state index is 0.0951. The number of aromatic amines is 1. The van der Waals surface area contributed by atoms with Crippen molar-refractivity contribution in [1.29, 1.82) is 0 Å². The van der Waals surface area contributed by atoms with Crippen molar-refractivity contribution in [1.82, 2.24) is 9.97 Å². The molecule has 0 amide bonds. The molecule has 1 N–H and O–H groups in total. The van der Waals surface area contributed by atoms with Crippen molar-refractivity contribution >= 4 is 20.9 Å². The summed E-state index contributed by atoms with van der Waals surface area (Å²) in [5.41, 5.74) is 2.82. The number of fused-ring (bicyclic) bond motifs is 1. The van der Waals surface area contributed by atoms with E-state index in [2.05, 4.69) is 9.97 Å². The molecule has 0 saturated carbocycles. The normalized spacial score (nSPS) is 11.9. The molecule has 0 fully saturated rings. The lowest BCUT2D eigenvalue weighted by atomic mass is 10.2. The zero-order valence-corrected chi connectivity index (χ0v) is 12.5. The van der Waals surface area contributed by atoms with Gasteiger partial charge in [0.05, 0.1) is 10.6 Å². The average molecular weight is 300 g/mol. The summed E-state index contributed by atoms with van der Waals surface area (Å²) in [5, 5.41) is 0.983. The third kappa shape index (κ3) is 2.83. The van der Waals surface area contributed by atoms with Crippen LogP contribution in [0.1, 0.15) is 11.1 Å². The molecule has 0 saturated heterocycles. The fraction of sp³-hybridized carbons (Fsp3) is 0.188. The maximum Gasteiger partial charge on any atom is 0.178 e. The molecule has 2 heterocycles. The van der Waals surface area contributed by atoms with Crippen LogP contribution in [0.3, 0.4) is 0 Å². The molecule has 0 radical (unpaired) electrons. The highest BCUT2D eigenvalue weighted by molar-refractivity contribution is 7.91. The third-order valence-electron chi connectivity index (χ3n) is 3.56. The maximum atomic E-state index is 12.3. The molecule has 0 atom stereocenters. The van der Waals surface area contributed by atoms with E-state index in [0.29, 0.717) is 11.3 Å². The average Bonchev–Trinajstić information content (AvgIpc) is 2.89.